The van der Waals surface area contributed by atoms with E-state index >= 15 is 0 Å². The predicted molar refractivity (Wildman–Crippen MR) is 107 cm³/mol. The number of carbonyl (C=O) groups is 1. The molecule has 0 unspecified atom stereocenters. The number of alkyl halides is 3. The summed E-state index contributed by atoms with van der Waals surface area (Å²) >= 11 is 0. The Hall–Kier alpha value is -2.96. The van der Waals surface area contributed by atoms with Crippen LogP contribution in [0.3, 0.4) is 0 Å². The highest BCUT2D eigenvalue weighted by Gasteiger charge is 2.31. The number of esters is 1. The van der Waals surface area contributed by atoms with E-state index in [1.807, 2.05) is 19.9 Å². The summed E-state index contributed by atoms with van der Waals surface area (Å²) in [4.78, 5) is 12.6. The van der Waals surface area contributed by atoms with E-state index in [1.165, 1.54) is 12.1 Å². The molecule has 0 aromatic heterocycles. The molecule has 2 aromatic carbocycles. The number of allylic oxidation sites excluding steroid dienone is 1. The summed E-state index contributed by atoms with van der Waals surface area (Å²) in [5.74, 6) is -0.278. The molecule has 0 saturated heterocycles. The Morgan fingerprint density at radius 3 is 2.37 bits per heavy atom. The van der Waals surface area contributed by atoms with Crippen LogP contribution in [-0.4, -0.2) is 18.9 Å². The van der Waals surface area contributed by atoms with Crippen molar-refractivity contribution in [3.63, 3.8) is 0 Å². The SMILES string of the molecule is CCOC(=O)c1c(CC)cc(-c2ccc(OC(F)(F)F)cc2)c2c1OC=C(CC)C2. The second-order valence-electron chi connectivity index (χ2n) is 6.84. The molecule has 160 valence electrons. The van der Waals surface area contributed by atoms with Crippen molar-refractivity contribution in [2.45, 2.75) is 46.4 Å². The molecule has 4 nitrogen and oxygen atoms in total. The fourth-order valence-corrected chi connectivity index (χ4v) is 3.48. The van der Waals surface area contributed by atoms with E-state index in [2.05, 4.69) is 4.74 Å². The van der Waals surface area contributed by atoms with Crippen molar-refractivity contribution in [3.8, 4) is 22.6 Å². The second kappa shape index (κ2) is 8.81. The molecular formula is C23H23F3O4. The molecule has 0 N–H and O–H groups in total. The Bertz CT molecular complexity index is 960. The van der Waals surface area contributed by atoms with E-state index in [0.29, 0.717) is 29.7 Å². The molecule has 0 radical (unpaired) electrons. The summed E-state index contributed by atoms with van der Waals surface area (Å²) in [6.07, 6.45) is -1.15. The van der Waals surface area contributed by atoms with Gasteiger partial charge in [0.05, 0.1) is 12.9 Å². The first-order chi connectivity index (χ1) is 14.3. The first kappa shape index (κ1) is 21.7. The minimum Gasteiger partial charge on any atom is -0.464 e. The summed E-state index contributed by atoms with van der Waals surface area (Å²) in [5.41, 5.74) is 4.56. The number of ether oxygens (including phenoxy) is 3. The zero-order valence-corrected chi connectivity index (χ0v) is 17.1. The van der Waals surface area contributed by atoms with Crippen LogP contribution in [0, 0.1) is 0 Å². The van der Waals surface area contributed by atoms with Gasteiger partial charge < -0.3 is 14.2 Å². The van der Waals surface area contributed by atoms with Crippen molar-refractivity contribution in [1.82, 2.24) is 0 Å². The summed E-state index contributed by atoms with van der Waals surface area (Å²) in [6.45, 7) is 5.92. The Labute approximate surface area is 173 Å². The maximum Gasteiger partial charge on any atom is 0.573 e. The molecule has 1 heterocycles. The van der Waals surface area contributed by atoms with Crippen LogP contribution in [0.25, 0.3) is 11.1 Å². The third-order valence-electron chi connectivity index (χ3n) is 4.93. The molecule has 7 heteroatoms. The van der Waals surface area contributed by atoms with E-state index in [-0.39, 0.29) is 12.4 Å². The molecule has 1 aliphatic rings. The molecule has 2 aromatic rings. The Morgan fingerprint density at radius 2 is 1.80 bits per heavy atom. The molecule has 30 heavy (non-hydrogen) atoms. The fraction of sp³-hybridized carbons (Fsp3) is 0.348. The van der Waals surface area contributed by atoms with Gasteiger partial charge in [-0.25, -0.2) is 4.79 Å². The molecule has 0 amide bonds. The quantitative estimate of drug-likeness (QED) is 0.521. The number of rotatable bonds is 6. The van der Waals surface area contributed by atoms with Crippen molar-refractivity contribution >= 4 is 5.97 Å². The summed E-state index contributed by atoms with van der Waals surface area (Å²) < 4.78 is 52.5. The topological polar surface area (TPSA) is 44.8 Å². The summed E-state index contributed by atoms with van der Waals surface area (Å²) in [5, 5.41) is 0. The van der Waals surface area contributed by atoms with Crippen LogP contribution in [0.5, 0.6) is 11.5 Å². The normalized spacial score (nSPS) is 13.2. The molecule has 0 atom stereocenters. The second-order valence-corrected chi connectivity index (χ2v) is 6.84. The number of halogens is 3. The van der Waals surface area contributed by atoms with Crippen LogP contribution >= 0.6 is 0 Å². The van der Waals surface area contributed by atoms with Gasteiger partial charge in [0.1, 0.15) is 17.1 Å². The highest BCUT2D eigenvalue weighted by molar-refractivity contribution is 5.97. The van der Waals surface area contributed by atoms with Gasteiger partial charge in [-0.05, 0) is 60.2 Å². The van der Waals surface area contributed by atoms with Crippen LogP contribution in [-0.2, 0) is 17.6 Å². The average molecular weight is 420 g/mol. The predicted octanol–water partition coefficient (Wildman–Crippen LogP) is 6.22. The maximum absolute atomic E-state index is 12.6. The lowest BCUT2D eigenvalue weighted by molar-refractivity contribution is -0.274. The van der Waals surface area contributed by atoms with Gasteiger partial charge in [-0.3, -0.25) is 0 Å². The number of aryl methyl sites for hydroxylation is 1. The Kier molecular flexibility index (Phi) is 6.39. The lowest BCUT2D eigenvalue weighted by Crippen LogP contribution is -2.17. The van der Waals surface area contributed by atoms with E-state index in [0.717, 1.165) is 28.7 Å². The van der Waals surface area contributed by atoms with Crippen LogP contribution in [0.15, 0.2) is 42.2 Å². The number of carbonyl (C=O) groups excluding carboxylic acids is 1. The van der Waals surface area contributed by atoms with Crippen LogP contribution in [0.2, 0.25) is 0 Å². The standard InChI is InChI=1S/C23H23F3O4/c1-4-14-11-19-18(16-7-9-17(10-8-16)30-23(24,25)26)12-15(5-2)20(21(19)29-13-14)22(27)28-6-3/h7-10,12-13H,4-6,11H2,1-3H3. The smallest absolute Gasteiger partial charge is 0.464 e. The van der Waals surface area contributed by atoms with Crippen molar-refractivity contribution < 1.29 is 32.2 Å². The largest absolute Gasteiger partial charge is 0.573 e. The van der Waals surface area contributed by atoms with E-state index < -0.39 is 12.3 Å². The van der Waals surface area contributed by atoms with Gasteiger partial charge in [-0.15, -0.1) is 13.2 Å². The fourth-order valence-electron chi connectivity index (χ4n) is 3.48. The molecule has 0 spiro atoms. The summed E-state index contributed by atoms with van der Waals surface area (Å²) in [6, 6.07) is 7.60. The van der Waals surface area contributed by atoms with Gasteiger partial charge in [0.2, 0.25) is 0 Å². The minimum absolute atomic E-state index is 0.245. The number of hydrogen-bond acceptors (Lipinski definition) is 4. The zero-order chi connectivity index (χ0) is 21.9. The third-order valence-corrected chi connectivity index (χ3v) is 4.93. The maximum atomic E-state index is 12.6. The highest BCUT2D eigenvalue weighted by Crippen LogP contribution is 2.41. The molecular weight excluding hydrogens is 397 g/mol. The van der Waals surface area contributed by atoms with Crippen LogP contribution < -0.4 is 9.47 Å². The van der Waals surface area contributed by atoms with Crippen LogP contribution in [0.4, 0.5) is 13.2 Å². The van der Waals surface area contributed by atoms with Gasteiger partial charge in [0.15, 0.2) is 0 Å². The molecule has 0 fully saturated rings. The number of fused-ring (bicyclic) bond motifs is 1. The van der Waals surface area contributed by atoms with Gasteiger partial charge in [0.25, 0.3) is 0 Å². The monoisotopic (exact) mass is 420 g/mol. The van der Waals surface area contributed by atoms with E-state index in [4.69, 9.17) is 9.47 Å². The van der Waals surface area contributed by atoms with Crippen molar-refractivity contribution in [1.29, 1.82) is 0 Å². The number of benzene rings is 2. The summed E-state index contributed by atoms with van der Waals surface area (Å²) in [7, 11) is 0. The first-order valence-electron chi connectivity index (χ1n) is 9.83. The Balaban J connectivity index is 2.12. The van der Waals surface area contributed by atoms with Crippen molar-refractivity contribution in [2.24, 2.45) is 0 Å². The molecule has 1 aliphatic heterocycles. The van der Waals surface area contributed by atoms with Crippen molar-refractivity contribution in [3.05, 3.63) is 58.9 Å². The lowest BCUT2D eigenvalue weighted by Gasteiger charge is -2.24. The zero-order valence-electron chi connectivity index (χ0n) is 17.1. The van der Waals surface area contributed by atoms with E-state index in [1.54, 1.807) is 25.3 Å². The van der Waals surface area contributed by atoms with Gasteiger partial charge in [-0.2, -0.15) is 0 Å². The lowest BCUT2D eigenvalue weighted by atomic mass is 9.87. The molecule has 0 bridgehead atoms. The van der Waals surface area contributed by atoms with E-state index in [9.17, 15) is 18.0 Å². The van der Waals surface area contributed by atoms with Crippen molar-refractivity contribution in [2.75, 3.05) is 6.61 Å². The Morgan fingerprint density at radius 1 is 1.10 bits per heavy atom. The molecule has 0 aliphatic carbocycles. The van der Waals surface area contributed by atoms with Gasteiger partial charge >= 0.3 is 12.3 Å². The molecule has 3 rings (SSSR count). The molecule has 0 saturated carbocycles. The third kappa shape index (κ3) is 4.61. The number of hydrogen-bond donors (Lipinski definition) is 0. The minimum atomic E-state index is -4.74. The van der Waals surface area contributed by atoms with Gasteiger partial charge in [0, 0.05) is 12.0 Å². The van der Waals surface area contributed by atoms with Crippen LogP contribution in [0.1, 0.15) is 48.7 Å². The average Bonchev–Trinajstić information content (AvgIpc) is 2.71. The first-order valence-corrected chi connectivity index (χ1v) is 9.83. The highest BCUT2D eigenvalue weighted by atomic mass is 19.4. The van der Waals surface area contributed by atoms with Gasteiger partial charge in [-0.1, -0.05) is 26.0 Å².